The molecule has 0 saturated heterocycles. The van der Waals surface area contributed by atoms with Gasteiger partial charge in [0, 0.05) is 17.3 Å². The smallest absolute Gasteiger partial charge is 0.337 e. The molecule has 4 heteroatoms. The van der Waals surface area contributed by atoms with Crippen LogP contribution in [0.15, 0.2) is 10.9 Å². The molecule has 4 nitrogen and oxygen atoms in total. The number of nitrogens with zero attached hydrogens (tertiary/aromatic N) is 1. The molecule has 1 rings (SSSR count). The first-order valence-corrected chi connectivity index (χ1v) is 6.84. The molecular weight excluding hydrogens is 254 g/mol. The van der Waals surface area contributed by atoms with Gasteiger partial charge in [-0.3, -0.25) is 4.79 Å². The molecule has 20 heavy (non-hydrogen) atoms. The zero-order valence-corrected chi connectivity index (χ0v) is 13.5. The fourth-order valence-corrected chi connectivity index (χ4v) is 3.34. The van der Waals surface area contributed by atoms with Crippen LogP contribution in [-0.2, 0) is 5.54 Å². The number of hydrogen-bond acceptors (Lipinski definition) is 2. The van der Waals surface area contributed by atoms with E-state index in [0.717, 1.165) is 6.42 Å². The number of aryl methyl sites for hydroxylation is 1. The third kappa shape index (κ3) is 3.30. The van der Waals surface area contributed by atoms with E-state index in [9.17, 15) is 14.7 Å². The number of carboxylic acids is 1. The number of aromatic carboxylic acids is 1. The van der Waals surface area contributed by atoms with Crippen molar-refractivity contribution in [2.24, 2.45) is 5.41 Å². The van der Waals surface area contributed by atoms with Gasteiger partial charge in [-0.05, 0) is 45.1 Å². The van der Waals surface area contributed by atoms with Crippen molar-refractivity contribution in [1.29, 1.82) is 0 Å². The summed E-state index contributed by atoms with van der Waals surface area (Å²) < 4.78 is 1.62. The molecule has 0 aliphatic rings. The molecule has 0 bridgehead atoms. The van der Waals surface area contributed by atoms with Crippen molar-refractivity contribution in [3.05, 3.63) is 33.2 Å². The highest BCUT2D eigenvalue weighted by Gasteiger charge is 2.30. The van der Waals surface area contributed by atoms with Crippen LogP contribution in [0.1, 0.15) is 62.7 Å². The number of carboxylic acid groups (broad SMARTS) is 1. The lowest BCUT2D eigenvalue weighted by Crippen LogP contribution is -2.41. The molecule has 0 unspecified atom stereocenters. The molecule has 112 valence electrons. The van der Waals surface area contributed by atoms with Gasteiger partial charge in [0.1, 0.15) is 0 Å². The van der Waals surface area contributed by atoms with E-state index >= 15 is 0 Å². The first-order valence-electron chi connectivity index (χ1n) is 6.84. The van der Waals surface area contributed by atoms with Crippen LogP contribution < -0.4 is 5.56 Å². The molecule has 0 radical (unpaired) electrons. The Kier molecular flexibility index (Phi) is 4.18. The zero-order valence-electron chi connectivity index (χ0n) is 13.5. The lowest BCUT2D eigenvalue weighted by atomic mass is 9.81. The number of carbonyl (C=O) groups is 1. The summed E-state index contributed by atoms with van der Waals surface area (Å²) in [7, 11) is 0. The van der Waals surface area contributed by atoms with Crippen molar-refractivity contribution in [1.82, 2.24) is 4.57 Å². The molecule has 0 atom stereocenters. The molecule has 1 aromatic rings. The van der Waals surface area contributed by atoms with Crippen LogP contribution in [0.25, 0.3) is 0 Å². The number of hydrogen-bond donors (Lipinski definition) is 1. The first-order chi connectivity index (χ1) is 8.87. The molecule has 0 aromatic carbocycles. The van der Waals surface area contributed by atoms with E-state index in [4.69, 9.17) is 0 Å². The highest BCUT2D eigenvalue weighted by molar-refractivity contribution is 5.90. The van der Waals surface area contributed by atoms with Gasteiger partial charge in [-0.25, -0.2) is 4.79 Å². The average molecular weight is 279 g/mol. The van der Waals surface area contributed by atoms with E-state index in [2.05, 4.69) is 20.8 Å². The quantitative estimate of drug-likeness (QED) is 0.923. The van der Waals surface area contributed by atoms with Crippen molar-refractivity contribution in [2.75, 3.05) is 0 Å². The molecule has 1 aromatic heterocycles. The van der Waals surface area contributed by atoms with E-state index in [1.165, 1.54) is 6.07 Å². The minimum absolute atomic E-state index is 0.0453. The van der Waals surface area contributed by atoms with Crippen molar-refractivity contribution < 1.29 is 9.90 Å². The molecule has 0 aliphatic heterocycles. The Morgan fingerprint density at radius 2 is 1.70 bits per heavy atom. The van der Waals surface area contributed by atoms with Gasteiger partial charge in [0.15, 0.2) is 0 Å². The number of pyridine rings is 1. The molecule has 1 N–H and O–H groups in total. The average Bonchev–Trinajstić information content (AvgIpc) is 2.09. The van der Waals surface area contributed by atoms with Crippen LogP contribution in [0.4, 0.5) is 0 Å². The van der Waals surface area contributed by atoms with Gasteiger partial charge in [0.05, 0.1) is 5.56 Å². The van der Waals surface area contributed by atoms with Gasteiger partial charge in [-0.2, -0.15) is 0 Å². The highest BCUT2D eigenvalue weighted by atomic mass is 16.4. The van der Waals surface area contributed by atoms with E-state index in [1.54, 1.807) is 18.4 Å². The molecule has 1 heterocycles. The molecule has 0 amide bonds. The Hall–Kier alpha value is -1.58. The summed E-state index contributed by atoms with van der Waals surface area (Å²) in [5, 5.41) is 9.34. The summed E-state index contributed by atoms with van der Waals surface area (Å²) in [6, 6.07) is 1.42. The zero-order chi connectivity index (χ0) is 15.9. The van der Waals surface area contributed by atoms with Gasteiger partial charge in [-0.1, -0.05) is 20.8 Å². The van der Waals surface area contributed by atoms with Crippen molar-refractivity contribution in [2.45, 2.75) is 60.4 Å². The predicted octanol–water partition coefficient (Wildman–Crippen LogP) is 3.33. The van der Waals surface area contributed by atoms with Crippen LogP contribution in [0.2, 0.25) is 0 Å². The van der Waals surface area contributed by atoms with Crippen LogP contribution in [-0.4, -0.2) is 15.6 Å². The largest absolute Gasteiger partial charge is 0.478 e. The molecule has 0 aliphatic carbocycles. The second-order valence-electron chi connectivity index (χ2n) is 7.32. The van der Waals surface area contributed by atoms with Gasteiger partial charge >= 0.3 is 5.97 Å². The maximum Gasteiger partial charge on any atom is 0.337 e. The van der Waals surface area contributed by atoms with E-state index < -0.39 is 11.5 Å². The van der Waals surface area contributed by atoms with Gasteiger partial charge in [-0.15, -0.1) is 0 Å². The Morgan fingerprint density at radius 1 is 1.20 bits per heavy atom. The van der Waals surface area contributed by atoms with Crippen LogP contribution in [0.5, 0.6) is 0 Å². The predicted molar refractivity (Wildman–Crippen MR) is 80.5 cm³/mol. The summed E-state index contributed by atoms with van der Waals surface area (Å²) in [6.45, 7) is 13.7. The van der Waals surface area contributed by atoms with Crippen LogP contribution >= 0.6 is 0 Å². The van der Waals surface area contributed by atoms with Gasteiger partial charge in [0.25, 0.3) is 5.56 Å². The summed E-state index contributed by atoms with van der Waals surface area (Å²) in [4.78, 5) is 23.7. The monoisotopic (exact) mass is 279 g/mol. The lowest BCUT2D eigenvalue weighted by molar-refractivity contribution is 0.0693. The van der Waals surface area contributed by atoms with Crippen molar-refractivity contribution >= 4 is 5.97 Å². The topological polar surface area (TPSA) is 59.3 Å². The molecule has 0 spiro atoms. The third-order valence-electron chi connectivity index (χ3n) is 3.43. The maximum absolute atomic E-state index is 12.3. The van der Waals surface area contributed by atoms with Crippen LogP contribution in [0, 0.1) is 19.3 Å². The second kappa shape index (κ2) is 5.08. The maximum atomic E-state index is 12.3. The Balaban J connectivity index is 3.57. The molecule has 0 fully saturated rings. The van der Waals surface area contributed by atoms with E-state index in [-0.39, 0.29) is 16.5 Å². The fraction of sp³-hybridized carbons (Fsp3) is 0.625. The summed E-state index contributed by atoms with van der Waals surface area (Å²) in [5.74, 6) is -0.986. The minimum Gasteiger partial charge on any atom is -0.478 e. The standard InChI is InChI=1S/C16H25NO3/c1-10-8-12(18)17(11(2)13(10)14(19)20)16(6,7)9-15(3,4)5/h8H,9H2,1-7H3,(H,19,20). The normalized spacial score (nSPS) is 12.6. The SMILES string of the molecule is Cc1cc(=O)n(C(C)(C)CC(C)(C)C)c(C)c1C(=O)O. The number of rotatable bonds is 3. The number of aromatic nitrogens is 1. The second-order valence-corrected chi connectivity index (χ2v) is 7.32. The highest BCUT2D eigenvalue weighted by Crippen LogP contribution is 2.32. The van der Waals surface area contributed by atoms with E-state index in [1.807, 2.05) is 13.8 Å². The Bertz CT molecular complexity index is 589. The van der Waals surface area contributed by atoms with E-state index in [0.29, 0.717) is 11.3 Å². The Morgan fingerprint density at radius 3 is 2.10 bits per heavy atom. The first kappa shape index (κ1) is 16.5. The minimum atomic E-state index is -0.986. The van der Waals surface area contributed by atoms with Crippen LogP contribution in [0.3, 0.4) is 0 Å². The van der Waals surface area contributed by atoms with Crippen molar-refractivity contribution in [3.8, 4) is 0 Å². The molecule has 0 saturated carbocycles. The van der Waals surface area contributed by atoms with Crippen molar-refractivity contribution in [3.63, 3.8) is 0 Å². The summed E-state index contributed by atoms with van der Waals surface area (Å²) in [6.07, 6.45) is 0.781. The Labute approximate surface area is 120 Å². The molecular formula is C16H25NO3. The summed E-state index contributed by atoms with van der Waals surface area (Å²) in [5.41, 5.74) is 0.742. The third-order valence-corrected chi connectivity index (χ3v) is 3.43. The van der Waals surface area contributed by atoms with Gasteiger partial charge < -0.3 is 9.67 Å². The summed E-state index contributed by atoms with van der Waals surface area (Å²) >= 11 is 0. The fourth-order valence-electron chi connectivity index (χ4n) is 3.34. The van der Waals surface area contributed by atoms with Gasteiger partial charge in [0.2, 0.25) is 0 Å². The lowest BCUT2D eigenvalue weighted by Gasteiger charge is -2.36.